The molecule has 2 aromatic rings. The van der Waals surface area contributed by atoms with E-state index in [4.69, 9.17) is 9.47 Å². The molecule has 0 saturated heterocycles. The standard InChI is InChI=1S/C9H10O3.C8H5F3O/c1-11-8-3-7(6-10)4-9(5-8)12-2;9-8(10,11)7-4-2-1-3-6(7)5-12/h3-6H,1-2H3;1-5H. The molecule has 0 saturated carbocycles. The second-order valence-corrected chi connectivity index (χ2v) is 4.47. The molecule has 0 N–H and O–H groups in total. The van der Waals surface area contributed by atoms with Crippen LogP contribution in [0.15, 0.2) is 42.5 Å². The lowest BCUT2D eigenvalue weighted by Gasteiger charge is -2.07. The first-order valence-electron chi connectivity index (χ1n) is 6.65. The Bertz CT molecular complexity index is 674. The lowest BCUT2D eigenvalue weighted by molar-refractivity contribution is -0.137. The first-order valence-corrected chi connectivity index (χ1v) is 6.65. The van der Waals surface area contributed by atoms with E-state index in [0.29, 0.717) is 17.1 Å². The molecule has 0 atom stereocenters. The summed E-state index contributed by atoms with van der Waals surface area (Å²) >= 11 is 0. The first kappa shape index (κ1) is 19.2. The summed E-state index contributed by atoms with van der Waals surface area (Å²) in [5, 5.41) is 0. The normalized spacial score (nSPS) is 10.2. The van der Waals surface area contributed by atoms with Gasteiger partial charge in [-0.25, -0.2) is 0 Å². The van der Waals surface area contributed by atoms with Gasteiger partial charge < -0.3 is 9.47 Å². The van der Waals surface area contributed by atoms with Gasteiger partial charge >= 0.3 is 6.18 Å². The van der Waals surface area contributed by atoms with Crippen LogP contribution in [0.4, 0.5) is 13.2 Å². The van der Waals surface area contributed by atoms with Crippen molar-refractivity contribution in [1.29, 1.82) is 0 Å². The number of alkyl halides is 3. The summed E-state index contributed by atoms with van der Waals surface area (Å²) in [4.78, 5) is 20.6. The van der Waals surface area contributed by atoms with Crippen molar-refractivity contribution in [1.82, 2.24) is 0 Å². The molecule has 0 amide bonds. The molecule has 0 aliphatic heterocycles. The predicted octanol–water partition coefficient (Wildman–Crippen LogP) is 4.03. The molecule has 2 rings (SSSR count). The van der Waals surface area contributed by atoms with Crippen molar-refractivity contribution in [3.8, 4) is 11.5 Å². The van der Waals surface area contributed by atoms with Crippen molar-refractivity contribution in [2.24, 2.45) is 0 Å². The molecule has 4 nitrogen and oxygen atoms in total. The number of benzene rings is 2. The summed E-state index contributed by atoms with van der Waals surface area (Å²) < 4.78 is 46.2. The SMILES string of the molecule is COc1cc(C=O)cc(OC)c1.O=Cc1ccccc1C(F)(F)F. The van der Waals surface area contributed by atoms with E-state index < -0.39 is 11.7 Å². The lowest BCUT2D eigenvalue weighted by Crippen LogP contribution is -2.08. The summed E-state index contributed by atoms with van der Waals surface area (Å²) in [6.07, 6.45) is -3.49. The van der Waals surface area contributed by atoms with Gasteiger partial charge in [-0.2, -0.15) is 13.2 Å². The van der Waals surface area contributed by atoms with Gasteiger partial charge in [-0.1, -0.05) is 18.2 Å². The summed E-state index contributed by atoms with van der Waals surface area (Å²) in [7, 11) is 3.09. The molecule has 0 bridgehead atoms. The molecular formula is C17H15F3O4. The number of methoxy groups -OCH3 is 2. The Morgan fingerprint density at radius 3 is 1.79 bits per heavy atom. The summed E-state index contributed by atoms with van der Waals surface area (Å²) in [5.41, 5.74) is -0.670. The van der Waals surface area contributed by atoms with Gasteiger partial charge in [-0.15, -0.1) is 0 Å². The Labute approximate surface area is 136 Å². The zero-order chi connectivity index (χ0) is 18.2. The zero-order valence-corrected chi connectivity index (χ0v) is 13.0. The predicted molar refractivity (Wildman–Crippen MR) is 81.8 cm³/mol. The number of halogens is 3. The summed E-state index contributed by atoms with van der Waals surface area (Å²) in [5.74, 6) is 1.24. The van der Waals surface area contributed by atoms with E-state index in [1.807, 2.05) is 0 Å². The highest BCUT2D eigenvalue weighted by atomic mass is 19.4. The van der Waals surface area contributed by atoms with Crippen LogP contribution in [0.1, 0.15) is 26.3 Å². The van der Waals surface area contributed by atoms with Crippen LogP contribution in [0.5, 0.6) is 11.5 Å². The van der Waals surface area contributed by atoms with Crippen molar-refractivity contribution in [3.05, 3.63) is 59.2 Å². The number of hydrogen-bond acceptors (Lipinski definition) is 4. The molecule has 0 fully saturated rings. The van der Waals surface area contributed by atoms with Gasteiger partial charge in [0, 0.05) is 17.2 Å². The van der Waals surface area contributed by atoms with Crippen molar-refractivity contribution in [3.63, 3.8) is 0 Å². The largest absolute Gasteiger partial charge is 0.497 e. The molecule has 0 unspecified atom stereocenters. The Hall–Kier alpha value is -2.83. The molecule has 2 aromatic carbocycles. The quantitative estimate of drug-likeness (QED) is 0.789. The maximum atomic E-state index is 12.1. The number of hydrogen-bond donors (Lipinski definition) is 0. The van der Waals surface area contributed by atoms with E-state index in [2.05, 4.69) is 0 Å². The molecule has 7 heteroatoms. The molecule has 128 valence electrons. The molecule has 24 heavy (non-hydrogen) atoms. The summed E-state index contributed by atoms with van der Waals surface area (Å²) in [6.45, 7) is 0. The molecule has 0 aromatic heterocycles. The maximum Gasteiger partial charge on any atom is 0.417 e. The monoisotopic (exact) mass is 340 g/mol. The molecule has 0 spiro atoms. The lowest BCUT2D eigenvalue weighted by atomic mass is 10.1. The summed E-state index contributed by atoms with van der Waals surface area (Å²) in [6, 6.07) is 9.66. The highest BCUT2D eigenvalue weighted by Crippen LogP contribution is 2.30. The third-order valence-corrected chi connectivity index (χ3v) is 2.90. The van der Waals surface area contributed by atoms with Gasteiger partial charge in [-0.3, -0.25) is 9.59 Å². The van der Waals surface area contributed by atoms with Crippen molar-refractivity contribution in [2.75, 3.05) is 14.2 Å². The van der Waals surface area contributed by atoms with Crippen LogP contribution < -0.4 is 9.47 Å². The fourth-order valence-electron chi connectivity index (χ4n) is 1.76. The van der Waals surface area contributed by atoms with Gasteiger partial charge in [0.25, 0.3) is 0 Å². The highest BCUT2D eigenvalue weighted by molar-refractivity contribution is 5.77. The molecule has 0 aliphatic carbocycles. The average molecular weight is 340 g/mol. The van der Waals surface area contributed by atoms with E-state index >= 15 is 0 Å². The van der Waals surface area contributed by atoms with Crippen molar-refractivity contribution in [2.45, 2.75) is 6.18 Å². The Kier molecular flexibility index (Phi) is 6.98. The average Bonchev–Trinajstić information content (AvgIpc) is 2.60. The van der Waals surface area contributed by atoms with Gasteiger partial charge in [0.2, 0.25) is 0 Å². The maximum absolute atomic E-state index is 12.1. The molecule has 0 heterocycles. The van der Waals surface area contributed by atoms with E-state index in [1.165, 1.54) is 12.1 Å². The molecule has 0 aliphatic rings. The third kappa shape index (κ3) is 5.42. The minimum absolute atomic E-state index is 0.197. The van der Waals surface area contributed by atoms with Crippen LogP contribution in [-0.4, -0.2) is 26.8 Å². The van der Waals surface area contributed by atoms with Crippen LogP contribution in [0.3, 0.4) is 0 Å². The van der Waals surface area contributed by atoms with Crippen molar-refractivity contribution >= 4 is 12.6 Å². The first-order chi connectivity index (χ1) is 11.3. The van der Waals surface area contributed by atoms with Gasteiger partial charge in [0.05, 0.1) is 19.8 Å². The number of aldehydes is 2. The Balaban J connectivity index is 0.000000240. The fraction of sp³-hybridized carbons (Fsp3) is 0.176. The molecular weight excluding hydrogens is 325 g/mol. The Morgan fingerprint density at radius 1 is 0.875 bits per heavy atom. The van der Waals surface area contributed by atoms with E-state index in [-0.39, 0.29) is 11.8 Å². The van der Waals surface area contributed by atoms with E-state index in [0.717, 1.165) is 18.4 Å². The Morgan fingerprint density at radius 2 is 1.42 bits per heavy atom. The second-order valence-electron chi connectivity index (χ2n) is 4.47. The van der Waals surface area contributed by atoms with Crippen molar-refractivity contribution < 1.29 is 32.2 Å². The number of carbonyl (C=O) groups is 2. The van der Waals surface area contributed by atoms with Crippen LogP contribution in [0.25, 0.3) is 0 Å². The van der Waals surface area contributed by atoms with Crippen LogP contribution >= 0.6 is 0 Å². The minimum atomic E-state index is -4.45. The van der Waals surface area contributed by atoms with Crippen LogP contribution in [0, 0.1) is 0 Å². The smallest absolute Gasteiger partial charge is 0.417 e. The second kappa shape index (κ2) is 8.71. The van der Waals surface area contributed by atoms with Gasteiger partial charge in [0.1, 0.15) is 17.8 Å². The number of ether oxygens (including phenoxy) is 2. The van der Waals surface area contributed by atoms with Gasteiger partial charge in [-0.05, 0) is 18.2 Å². The fourth-order valence-corrected chi connectivity index (χ4v) is 1.76. The topological polar surface area (TPSA) is 52.6 Å². The third-order valence-electron chi connectivity index (χ3n) is 2.90. The number of carbonyl (C=O) groups excluding carboxylic acids is 2. The van der Waals surface area contributed by atoms with Gasteiger partial charge in [0.15, 0.2) is 6.29 Å². The molecule has 0 radical (unpaired) electrons. The highest BCUT2D eigenvalue weighted by Gasteiger charge is 2.32. The van der Waals surface area contributed by atoms with Crippen LogP contribution in [0.2, 0.25) is 0 Å². The van der Waals surface area contributed by atoms with E-state index in [1.54, 1.807) is 32.4 Å². The number of rotatable bonds is 4. The zero-order valence-electron chi connectivity index (χ0n) is 13.0. The van der Waals surface area contributed by atoms with Crippen LogP contribution in [-0.2, 0) is 6.18 Å². The minimum Gasteiger partial charge on any atom is -0.497 e. The van der Waals surface area contributed by atoms with E-state index in [9.17, 15) is 22.8 Å².